The standard InChI is InChI=1S/C18H26N2O4/c1-2-3-10-24-15-8-6-14(7-9-15)18(23)20-12-17(22)19-11-16(21)13-4-5-13/h6-9,13,16,21H,2-5,10-12H2,1H3,(H,19,22)(H,20,23)/t16-/m1/s1. The van der Waals surface area contributed by atoms with Gasteiger partial charge in [-0.25, -0.2) is 0 Å². The molecule has 0 unspecified atom stereocenters. The summed E-state index contributed by atoms with van der Waals surface area (Å²) in [4.78, 5) is 23.7. The van der Waals surface area contributed by atoms with Gasteiger partial charge in [0.05, 0.1) is 19.3 Å². The zero-order chi connectivity index (χ0) is 17.4. The third kappa shape index (κ3) is 6.20. The molecule has 0 heterocycles. The van der Waals surface area contributed by atoms with Gasteiger partial charge in [0.15, 0.2) is 0 Å². The topological polar surface area (TPSA) is 87.7 Å². The molecular formula is C18H26N2O4. The smallest absolute Gasteiger partial charge is 0.251 e. The fourth-order valence-electron chi connectivity index (χ4n) is 2.23. The molecule has 0 aromatic heterocycles. The van der Waals surface area contributed by atoms with Gasteiger partial charge in [-0.15, -0.1) is 0 Å². The van der Waals surface area contributed by atoms with E-state index in [1.165, 1.54) is 0 Å². The molecule has 0 radical (unpaired) electrons. The predicted molar refractivity (Wildman–Crippen MR) is 90.9 cm³/mol. The Hall–Kier alpha value is -2.08. The Morgan fingerprint density at radius 1 is 1.25 bits per heavy atom. The molecule has 1 atom stereocenters. The van der Waals surface area contributed by atoms with Gasteiger partial charge >= 0.3 is 0 Å². The minimum Gasteiger partial charge on any atom is -0.494 e. The Bertz CT molecular complexity index is 540. The van der Waals surface area contributed by atoms with Crippen molar-refractivity contribution in [2.75, 3.05) is 19.7 Å². The first-order valence-corrected chi connectivity index (χ1v) is 8.56. The Morgan fingerprint density at radius 2 is 1.96 bits per heavy atom. The van der Waals surface area contributed by atoms with Gasteiger partial charge in [-0.3, -0.25) is 9.59 Å². The quantitative estimate of drug-likeness (QED) is 0.566. The minimum absolute atomic E-state index is 0.106. The molecule has 1 aliphatic carbocycles. The highest BCUT2D eigenvalue weighted by molar-refractivity contribution is 5.96. The molecule has 0 spiro atoms. The summed E-state index contributed by atoms with van der Waals surface area (Å²) in [5.74, 6) is 0.431. The first kappa shape index (κ1) is 18.3. The first-order valence-electron chi connectivity index (χ1n) is 8.56. The number of unbranched alkanes of at least 4 members (excludes halogenated alkanes) is 1. The molecule has 3 N–H and O–H groups in total. The SMILES string of the molecule is CCCCOc1ccc(C(=O)NCC(=O)NC[C@@H](O)C2CC2)cc1. The number of hydrogen-bond donors (Lipinski definition) is 3. The molecular weight excluding hydrogens is 308 g/mol. The van der Waals surface area contributed by atoms with E-state index < -0.39 is 6.10 Å². The van der Waals surface area contributed by atoms with Crippen LogP contribution < -0.4 is 15.4 Å². The van der Waals surface area contributed by atoms with Crippen LogP contribution in [0.5, 0.6) is 5.75 Å². The highest BCUT2D eigenvalue weighted by Gasteiger charge is 2.29. The maximum atomic E-state index is 12.0. The number of rotatable bonds is 10. The van der Waals surface area contributed by atoms with Crippen LogP contribution in [0.1, 0.15) is 43.0 Å². The molecule has 1 fully saturated rings. The van der Waals surface area contributed by atoms with Crippen molar-refractivity contribution in [2.24, 2.45) is 5.92 Å². The molecule has 0 bridgehead atoms. The average molecular weight is 334 g/mol. The number of aliphatic hydroxyl groups is 1. The summed E-state index contributed by atoms with van der Waals surface area (Å²) in [6.07, 6.45) is 3.62. The van der Waals surface area contributed by atoms with Crippen molar-refractivity contribution in [3.8, 4) is 5.75 Å². The van der Waals surface area contributed by atoms with E-state index in [9.17, 15) is 14.7 Å². The van der Waals surface area contributed by atoms with Crippen LogP contribution in [0.3, 0.4) is 0 Å². The second-order valence-corrected chi connectivity index (χ2v) is 6.12. The van der Waals surface area contributed by atoms with E-state index in [0.717, 1.165) is 31.4 Å². The lowest BCUT2D eigenvalue weighted by molar-refractivity contribution is -0.120. The summed E-state index contributed by atoms with van der Waals surface area (Å²) >= 11 is 0. The van der Waals surface area contributed by atoms with Gasteiger partial charge < -0.3 is 20.5 Å². The lowest BCUT2D eigenvalue weighted by Crippen LogP contribution is -2.40. The molecule has 0 saturated heterocycles. The molecule has 1 aromatic carbocycles. The van der Waals surface area contributed by atoms with Crippen LogP contribution in [-0.2, 0) is 4.79 Å². The molecule has 1 saturated carbocycles. The lowest BCUT2D eigenvalue weighted by Gasteiger charge is -2.11. The zero-order valence-electron chi connectivity index (χ0n) is 14.1. The third-order valence-corrected chi connectivity index (χ3v) is 3.97. The molecule has 1 aromatic rings. The van der Waals surface area contributed by atoms with Crippen LogP contribution in [0.2, 0.25) is 0 Å². The van der Waals surface area contributed by atoms with Gasteiger partial charge in [0.25, 0.3) is 5.91 Å². The maximum Gasteiger partial charge on any atom is 0.251 e. The largest absolute Gasteiger partial charge is 0.494 e. The van der Waals surface area contributed by atoms with Crippen LogP contribution in [0, 0.1) is 5.92 Å². The van der Waals surface area contributed by atoms with Gasteiger partial charge in [0.2, 0.25) is 5.91 Å². The Kier molecular flexibility index (Phi) is 7.06. The van der Waals surface area contributed by atoms with Crippen LogP contribution in [-0.4, -0.2) is 42.7 Å². The van der Waals surface area contributed by atoms with Gasteiger partial charge in [-0.05, 0) is 49.4 Å². The number of hydrogen-bond acceptors (Lipinski definition) is 4. The van der Waals surface area contributed by atoms with Crippen molar-refractivity contribution < 1.29 is 19.4 Å². The summed E-state index contributed by atoms with van der Waals surface area (Å²) in [5, 5.41) is 14.9. The highest BCUT2D eigenvalue weighted by atomic mass is 16.5. The summed E-state index contributed by atoms with van der Waals surface area (Å²) < 4.78 is 5.54. The number of benzene rings is 1. The van der Waals surface area contributed by atoms with Crippen LogP contribution >= 0.6 is 0 Å². The van der Waals surface area contributed by atoms with E-state index in [-0.39, 0.29) is 24.9 Å². The summed E-state index contributed by atoms with van der Waals surface area (Å²) in [6.45, 7) is 2.89. The molecule has 2 amide bonds. The molecule has 132 valence electrons. The number of carbonyl (C=O) groups is 2. The highest BCUT2D eigenvalue weighted by Crippen LogP contribution is 2.32. The van der Waals surface area contributed by atoms with Gasteiger partial charge in [0.1, 0.15) is 5.75 Å². The molecule has 2 rings (SSSR count). The van der Waals surface area contributed by atoms with Crippen LogP contribution in [0.4, 0.5) is 0 Å². The van der Waals surface area contributed by atoms with E-state index >= 15 is 0 Å². The van der Waals surface area contributed by atoms with Crippen LogP contribution in [0.15, 0.2) is 24.3 Å². The van der Waals surface area contributed by atoms with Gasteiger partial charge in [-0.1, -0.05) is 13.3 Å². The van der Waals surface area contributed by atoms with Crippen molar-refractivity contribution in [3.05, 3.63) is 29.8 Å². The minimum atomic E-state index is -0.482. The molecule has 24 heavy (non-hydrogen) atoms. The van der Waals surface area contributed by atoms with E-state index in [4.69, 9.17) is 4.74 Å². The normalized spacial score (nSPS) is 14.8. The van der Waals surface area contributed by atoms with Gasteiger partial charge in [0, 0.05) is 12.1 Å². The number of nitrogens with one attached hydrogen (secondary N) is 2. The van der Waals surface area contributed by atoms with Crippen molar-refractivity contribution in [2.45, 2.75) is 38.7 Å². The van der Waals surface area contributed by atoms with Crippen molar-refractivity contribution in [1.29, 1.82) is 0 Å². The second-order valence-electron chi connectivity index (χ2n) is 6.12. The summed E-state index contributed by atoms with van der Waals surface area (Å²) in [5.41, 5.74) is 0.476. The van der Waals surface area contributed by atoms with E-state index in [1.807, 2.05) is 0 Å². The van der Waals surface area contributed by atoms with Crippen LogP contribution in [0.25, 0.3) is 0 Å². The number of amides is 2. The lowest BCUT2D eigenvalue weighted by atomic mass is 10.2. The van der Waals surface area contributed by atoms with E-state index in [2.05, 4.69) is 17.6 Å². The number of aliphatic hydroxyl groups excluding tert-OH is 1. The monoisotopic (exact) mass is 334 g/mol. The third-order valence-electron chi connectivity index (χ3n) is 3.97. The zero-order valence-corrected chi connectivity index (χ0v) is 14.1. The Morgan fingerprint density at radius 3 is 2.58 bits per heavy atom. The molecule has 6 heteroatoms. The van der Waals surface area contributed by atoms with Crippen molar-refractivity contribution >= 4 is 11.8 Å². The summed E-state index contributed by atoms with van der Waals surface area (Å²) in [6, 6.07) is 6.84. The first-order chi connectivity index (χ1) is 11.6. The van der Waals surface area contributed by atoms with Crippen molar-refractivity contribution in [1.82, 2.24) is 10.6 Å². The Labute approximate surface area is 142 Å². The fraction of sp³-hybridized carbons (Fsp3) is 0.556. The predicted octanol–water partition coefficient (Wildman–Crippen LogP) is 1.48. The van der Waals surface area contributed by atoms with Crippen molar-refractivity contribution in [3.63, 3.8) is 0 Å². The molecule has 0 aliphatic heterocycles. The van der Waals surface area contributed by atoms with E-state index in [0.29, 0.717) is 18.1 Å². The van der Waals surface area contributed by atoms with Gasteiger partial charge in [-0.2, -0.15) is 0 Å². The molecule has 6 nitrogen and oxygen atoms in total. The average Bonchev–Trinajstić information content (AvgIpc) is 3.43. The van der Waals surface area contributed by atoms with E-state index in [1.54, 1.807) is 24.3 Å². The number of carbonyl (C=O) groups excluding carboxylic acids is 2. The fourth-order valence-corrected chi connectivity index (χ4v) is 2.23. The number of ether oxygens (including phenoxy) is 1. The summed E-state index contributed by atoms with van der Waals surface area (Å²) in [7, 11) is 0. The second kappa shape index (κ2) is 9.27. The Balaban J connectivity index is 1.68. The maximum absolute atomic E-state index is 12.0. The molecule has 1 aliphatic rings.